The molecule has 126 valence electrons. The monoisotopic (exact) mass is 447 g/mol. The summed E-state index contributed by atoms with van der Waals surface area (Å²) >= 11 is 2.11. The van der Waals surface area contributed by atoms with E-state index in [2.05, 4.69) is 27.7 Å². The lowest BCUT2D eigenvalue weighted by atomic mass is 10.1. The summed E-state index contributed by atoms with van der Waals surface area (Å²) in [7, 11) is 0. The van der Waals surface area contributed by atoms with Crippen LogP contribution in [0.1, 0.15) is 33.5 Å². The fraction of sp³-hybridized carbons (Fsp3) is 0.158. The molecular formula is C19H14INO4. The van der Waals surface area contributed by atoms with Crippen LogP contribution in [0.5, 0.6) is 5.75 Å². The molecule has 0 spiro atoms. The van der Waals surface area contributed by atoms with Crippen LogP contribution in [-0.2, 0) is 17.8 Å². The highest BCUT2D eigenvalue weighted by atomic mass is 127. The molecule has 6 heteroatoms. The summed E-state index contributed by atoms with van der Waals surface area (Å²) in [5.41, 5.74) is 2.26. The second-order valence-electron chi connectivity index (χ2n) is 5.69. The third-order valence-electron chi connectivity index (χ3n) is 3.99. The second-order valence-corrected chi connectivity index (χ2v) is 6.86. The molecular weight excluding hydrogens is 433 g/mol. The Hall–Kier alpha value is -2.35. The van der Waals surface area contributed by atoms with Crippen LogP contribution in [0.25, 0.3) is 0 Å². The molecule has 1 atom stereocenters. The minimum absolute atomic E-state index is 0.0625. The van der Waals surface area contributed by atoms with Gasteiger partial charge in [-0.05, 0) is 46.4 Å². The number of esters is 1. The van der Waals surface area contributed by atoms with Gasteiger partial charge in [0.2, 0.25) is 0 Å². The van der Waals surface area contributed by atoms with Crippen molar-refractivity contribution in [2.45, 2.75) is 19.1 Å². The van der Waals surface area contributed by atoms with Crippen LogP contribution in [0.3, 0.4) is 0 Å². The minimum atomic E-state index is -0.376. The first-order chi connectivity index (χ1) is 12.2. The van der Waals surface area contributed by atoms with Gasteiger partial charge in [0.25, 0.3) is 0 Å². The van der Waals surface area contributed by atoms with E-state index in [1.807, 2.05) is 42.5 Å². The van der Waals surface area contributed by atoms with Gasteiger partial charge >= 0.3 is 5.97 Å². The van der Waals surface area contributed by atoms with Gasteiger partial charge in [-0.2, -0.15) is 0 Å². The number of carbonyl (C=O) groups excluding carboxylic acids is 1. The molecule has 1 unspecified atom stereocenters. The van der Waals surface area contributed by atoms with Crippen molar-refractivity contribution in [3.8, 4) is 5.75 Å². The summed E-state index contributed by atoms with van der Waals surface area (Å²) in [6.07, 6.45) is 0.553. The number of benzene rings is 2. The molecule has 2 aromatic carbocycles. The summed E-state index contributed by atoms with van der Waals surface area (Å²) < 4.78 is 17.4. The maximum absolute atomic E-state index is 12.1. The maximum Gasteiger partial charge on any atom is 0.339 e. The second kappa shape index (κ2) is 6.87. The molecule has 0 bridgehead atoms. The fourth-order valence-corrected chi connectivity index (χ4v) is 3.34. The summed E-state index contributed by atoms with van der Waals surface area (Å²) in [6, 6.07) is 17.0. The molecule has 2 heterocycles. The number of rotatable bonds is 4. The van der Waals surface area contributed by atoms with E-state index < -0.39 is 0 Å². The van der Waals surface area contributed by atoms with Gasteiger partial charge in [-0.1, -0.05) is 35.5 Å². The number of halogens is 1. The van der Waals surface area contributed by atoms with E-state index in [0.29, 0.717) is 17.0 Å². The molecule has 1 aromatic heterocycles. The van der Waals surface area contributed by atoms with Crippen LogP contribution in [0, 0.1) is 3.57 Å². The molecule has 0 radical (unpaired) electrons. The van der Waals surface area contributed by atoms with Crippen molar-refractivity contribution in [1.29, 1.82) is 0 Å². The zero-order valence-electron chi connectivity index (χ0n) is 13.1. The number of nitrogens with zero attached hydrogens (tertiary/aromatic N) is 1. The highest BCUT2D eigenvalue weighted by Gasteiger charge is 2.27. The molecule has 0 saturated carbocycles. The quantitative estimate of drug-likeness (QED) is 0.441. The van der Waals surface area contributed by atoms with Crippen molar-refractivity contribution in [3.63, 3.8) is 0 Å². The average Bonchev–Trinajstić information content (AvgIpc) is 3.26. The smallest absolute Gasteiger partial charge is 0.339 e. The fourth-order valence-electron chi connectivity index (χ4n) is 2.73. The number of carbonyl (C=O) groups is 1. The normalized spacial score (nSPS) is 15.5. The van der Waals surface area contributed by atoms with Crippen molar-refractivity contribution >= 4 is 28.6 Å². The zero-order valence-corrected chi connectivity index (χ0v) is 15.3. The first-order valence-electron chi connectivity index (χ1n) is 7.82. The van der Waals surface area contributed by atoms with Crippen LogP contribution in [-0.4, -0.2) is 11.1 Å². The van der Waals surface area contributed by atoms with E-state index in [4.69, 9.17) is 14.0 Å². The third kappa shape index (κ3) is 3.39. The van der Waals surface area contributed by atoms with E-state index in [9.17, 15) is 4.79 Å². The first kappa shape index (κ1) is 16.1. The number of hydrogen-bond acceptors (Lipinski definition) is 5. The summed E-state index contributed by atoms with van der Waals surface area (Å²) in [4.78, 5) is 12.1. The number of hydrogen-bond donors (Lipinski definition) is 0. The molecule has 0 aliphatic carbocycles. The third-order valence-corrected chi connectivity index (χ3v) is 4.93. The predicted molar refractivity (Wildman–Crippen MR) is 98.3 cm³/mol. The average molecular weight is 447 g/mol. The number of fused-ring (bicyclic) bond motifs is 1. The molecule has 25 heavy (non-hydrogen) atoms. The Morgan fingerprint density at radius 3 is 2.84 bits per heavy atom. The summed E-state index contributed by atoms with van der Waals surface area (Å²) in [5, 5.41) is 3.98. The molecule has 0 fully saturated rings. The summed E-state index contributed by atoms with van der Waals surface area (Å²) in [5.74, 6) is 1.13. The highest BCUT2D eigenvalue weighted by molar-refractivity contribution is 14.1. The Morgan fingerprint density at radius 2 is 2.00 bits per heavy atom. The molecule has 4 rings (SSSR count). The Morgan fingerprint density at radius 1 is 1.20 bits per heavy atom. The SMILES string of the molecule is O=C(OCc1cc(C2Cc3ccccc3O2)on1)c1ccccc1I. The van der Waals surface area contributed by atoms with Gasteiger partial charge in [0.15, 0.2) is 11.9 Å². The molecule has 1 aliphatic rings. The highest BCUT2D eigenvalue weighted by Crippen LogP contribution is 2.36. The lowest BCUT2D eigenvalue weighted by Gasteiger charge is -2.05. The van der Waals surface area contributed by atoms with Crippen molar-refractivity contribution in [1.82, 2.24) is 5.16 Å². The Kier molecular flexibility index (Phi) is 4.44. The Bertz CT molecular complexity index is 896. The molecule has 1 aliphatic heterocycles. The van der Waals surface area contributed by atoms with Crippen molar-refractivity contribution in [3.05, 3.63) is 80.7 Å². The first-order valence-corrected chi connectivity index (χ1v) is 8.90. The van der Waals surface area contributed by atoms with Crippen LogP contribution >= 0.6 is 22.6 Å². The van der Waals surface area contributed by atoms with Crippen LogP contribution in [0.4, 0.5) is 0 Å². The number of ether oxygens (including phenoxy) is 2. The molecule has 0 saturated heterocycles. The minimum Gasteiger partial charge on any atom is -0.482 e. The Labute approximate surface area is 158 Å². The van der Waals surface area contributed by atoms with Crippen LogP contribution in [0.2, 0.25) is 0 Å². The van der Waals surface area contributed by atoms with Gasteiger partial charge in [0, 0.05) is 16.1 Å². The van der Waals surface area contributed by atoms with E-state index >= 15 is 0 Å². The Balaban J connectivity index is 1.40. The lowest BCUT2D eigenvalue weighted by molar-refractivity contribution is 0.0462. The molecule has 5 nitrogen and oxygen atoms in total. The van der Waals surface area contributed by atoms with E-state index in [0.717, 1.165) is 21.3 Å². The lowest BCUT2D eigenvalue weighted by Crippen LogP contribution is -2.07. The summed E-state index contributed by atoms with van der Waals surface area (Å²) in [6.45, 7) is 0.0625. The van der Waals surface area contributed by atoms with Gasteiger partial charge in [-0.15, -0.1) is 0 Å². The van der Waals surface area contributed by atoms with E-state index in [-0.39, 0.29) is 18.7 Å². The van der Waals surface area contributed by atoms with Crippen molar-refractivity contribution < 1.29 is 18.8 Å². The van der Waals surface area contributed by atoms with E-state index in [1.54, 1.807) is 12.1 Å². The van der Waals surface area contributed by atoms with Gasteiger partial charge in [0.1, 0.15) is 18.1 Å². The van der Waals surface area contributed by atoms with Gasteiger partial charge < -0.3 is 14.0 Å². The maximum atomic E-state index is 12.1. The zero-order chi connectivity index (χ0) is 17.2. The van der Waals surface area contributed by atoms with Crippen molar-refractivity contribution in [2.75, 3.05) is 0 Å². The van der Waals surface area contributed by atoms with Crippen LogP contribution < -0.4 is 4.74 Å². The topological polar surface area (TPSA) is 61.6 Å². The molecule has 0 N–H and O–H groups in total. The van der Waals surface area contributed by atoms with E-state index in [1.165, 1.54) is 0 Å². The number of para-hydroxylation sites is 1. The van der Waals surface area contributed by atoms with Gasteiger partial charge in [-0.3, -0.25) is 0 Å². The molecule has 3 aromatic rings. The largest absolute Gasteiger partial charge is 0.482 e. The molecule has 0 amide bonds. The number of aromatic nitrogens is 1. The van der Waals surface area contributed by atoms with Crippen LogP contribution in [0.15, 0.2) is 59.1 Å². The van der Waals surface area contributed by atoms with Gasteiger partial charge in [0.05, 0.1) is 5.56 Å². The standard InChI is InChI=1S/C19H14INO4/c20-15-7-3-2-6-14(15)19(22)23-11-13-10-18(25-21-13)17-9-12-5-1-4-8-16(12)24-17/h1-8,10,17H,9,11H2. The van der Waals surface area contributed by atoms with Gasteiger partial charge in [-0.25, -0.2) is 4.79 Å². The predicted octanol–water partition coefficient (Wildman–Crippen LogP) is 4.31. The van der Waals surface area contributed by atoms with Crippen molar-refractivity contribution in [2.24, 2.45) is 0 Å².